The van der Waals surface area contributed by atoms with Crippen molar-refractivity contribution in [3.05, 3.63) is 0 Å². The molecule has 0 aliphatic rings. The Morgan fingerprint density at radius 1 is 1.20 bits per heavy atom. The van der Waals surface area contributed by atoms with Crippen LogP contribution >= 0.6 is 12.2 Å². The predicted molar refractivity (Wildman–Crippen MR) is 26.5 cm³/mol. The van der Waals surface area contributed by atoms with Crippen LogP contribution in [0.1, 0.15) is 0 Å². The van der Waals surface area contributed by atoms with Gasteiger partial charge in [-0.05, 0) is 0 Å². The summed E-state index contributed by atoms with van der Waals surface area (Å²) in [6.45, 7) is 0. The molecule has 0 bridgehead atoms. The zero-order chi connectivity index (χ0) is 4.50. The van der Waals surface area contributed by atoms with Gasteiger partial charge in [-0.1, -0.05) is 0 Å². The third-order valence-corrected chi connectivity index (χ3v) is 0. The molecule has 0 rings (SSSR count). The van der Waals surface area contributed by atoms with Crippen LogP contribution in [0, 0.1) is 0 Å². The average molecular weight is 216 g/mol. The van der Waals surface area contributed by atoms with Gasteiger partial charge in [-0.25, -0.2) is 0 Å². The van der Waals surface area contributed by atoms with Crippen molar-refractivity contribution < 1.29 is 17.9 Å². The van der Waals surface area contributed by atoms with E-state index >= 15 is 0 Å². The zero-order valence-electron chi connectivity index (χ0n) is 3.88. The first-order valence-electron chi connectivity index (χ1n) is 1.69. The normalized spacial score (nSPS) is 12.0. The van der Waals surface area contributed by atoms with Gasteiger partial charge < -0.3 is 0 Å². The third kappa shape index (κ3) is 32.6. The van der Waals surface area contributed by atoms with Crippen molar-refractivity contribution in [3.63, 3.8) is 0 Å². The molecule has 0 aromatic carbocycles. The van der Waals surface area contributed by atoms with Crippen LogP contribution in [0.5, 0.6) is 0 Å². The molecule has 0 saturated heterocycles. The minimum absolute atomic E-state index is 1.37. The molecule has 0 saturated carbocycles. The van der Waals surface area contributed by atoms with Crippen LogP contribution in [-0.4, -0.2) is 0 Å². The van der Waals surface area contributed by atoms with Crippen molar-refractivity contribution in [3.8, 4) is 0 Å². The Hall–Kier alpha value is 1.36. The Balaban J connectivity index is 3.02. The van der Waals surface area contributed by atoms with Gasteiger partial charge >= 0.3 is 44.0 Å². The first-order valence-corrected chi connectivity index (χ1v) is 14.7. The van der Waals surface area contributed by atoms with Crippen molar-refractivity contribution in [1.29, 1.82) is 0 Å². The molecular formula is C3H9BrZr. The van der Waals surface area contributed by atoms with Crippen molar-refractivity contribution in [2.24, 2.45) is 0 Å². The molecule has 0 aromatic heterocycles. The second-order valence-corrected chi connectivity index (χ2v) is 26.3. The Bertz CT molecular complexity index is 22.4. The molecule has 0 nitrogen and oxygen atoms in total. The van der Waals surface area contributed by atoms with E-state index in [0.717, 1.165) is 0 Å². The molecule has 0 aliphatic heterocycles. The van der Waals surface area contributed by atoms with E-state index < -0.39 is 17.9 Å². The minimum atomic E-state index is -1.37. The first-order chi connectivity index (χ1) is 2.00. The number of rotatable bonds is 0. The maximum absolute atomic E-state index is 3.58. The summed E-state index contributed by atoms with van der Waals surface area (Å²) >= 11 is 2.22. The second-order valence-electron chi connectivity index (χ2n) is 2.07. The standard InChI is InChI=1S/3CH3.BrH.Zr/h3*1H3;1H;/q;;;;+1/p-1. The summed E-state index contributed by atoms with van der Waals surface area (Å²) in [5.74, 6) is 0. The molecule has 5 heavy (non-hydrogen) atoms. The number of halogens is 1. The summed E-state index contributed by atoms with van der Waals surface area (Å²) in [4.78, 5) is 0. The van der Waals surface area contributed by atoms with Crippen molar-refractivity contribution >= 4 is 12.2 Å². The number of hydrogen-bond acceptors (Lipinski definition) is 0. The SMILES string of the molecule is [CH3][Zr]([CH3])([CH3])[Br]. The summed E-state index contributed by atoms with van der Waals surface area (Å²) in [6.07, 6.45) is 0. The van der Waals surface area contributed by atoms with Crippen molar-refractivity contribution in [2.75, 3.05) is 0 Å². The van der Waals surface area contributed by atoms with Crippen molar-refractivity contribution in [2.45, 2.75) is 13.9 Å². The fraction of sp³-hybridized carbons (Fsp3) is 1.00. The van der Waals surface area contributed by atoms with Gasteiger partial charge in [0, 0.05) is 0 Å². The van der Waals surface area contributed by atoms with Gasteiger partial charge in [-0.15, -0.1) is 0 Å². The van der Waals surface area contributed by atoms with E-state index in [9.17, 15) is 0 Å². The summed E-state index contributed by atoms with van der Waals surface area (Å²) in [5.41, 5.74) is 0. The van der Waals surface area contributed by atoms with Crippen LogP contribution in [0.3, 0.4) is 0 Å². The summed E-state index contributed by atoms with van der Waals surface area (Å²) in [7, 11) is 0. The third-order valence-electron chi connectivity index (χ3n) is 0. The fourth-order valence-corrected chi connectivity index (χ4v) is 0. The Morgan fingerprint density at radius 3 is 1.20 bits per heavy atom. The zero-order valence-corrected chi connectivity index (χ0v) is 7.92. The quantitative estimate of drug-likeness (QED) is 0.584. The first kappa shape index (κ1) is 6.36. The monoisotopic (exact) mass is 214 g/mol. The van der Waals surface area contributed by atoms with Gasteiger partial charge in [-0.3, -0.25) is 0 Å². The molecular weight excluding hydrogens is 207 g/mol. The van der Waals surface area contributed by atoms with Gasteiger partial charge in [-0.2, -0.15) is 0 Å². The van der Waals surface area contributed by atoms with Crippen LogP contribution in [0.2, 0.25) is 13.9 Å². The van der Waals surface area contributed by atoms with Crippen LogP contribution in [0.15, 0.2) is 0 Å². The Labute approximate surface area is 43.8 Å². The topological polar surface area (TPSA) is 0 Å². The predicted octanol–water partition coefficient (Wildman–Crippen LogP) is 2.59. The van der Waals surface area contributed by atoms with Crippen LogP contribution in [-0.2, 0) is 17.9 Å². The molecule has 0 heterocycles. The van der Waals surface area contributed by atoms with Gasteiger partial charge in [0.05, 0.1) is 0 Å². The molecule has 0 spiro atoms. The van der Waals surface area contributed by atoms with Gasteiger partial charge in [0.25, 0.3) is 0 Å². The molecule has 0 amide bonds. The molecule has 0 atom stereocenters. The second kappa shape index (κ2) is 1.88. The average Bonchev–Trinajstić information content (AvgIpc) is 0.722. The molecule has 0 N–H and O–H groups in total. The van der Waals surface area contributed by atoms with E-state index in [-0.39, 0.29) is 0 Å². The molecule has 32 valence electrons. The van der Waals surface area contributed by atoms with Crippen LogP contribution in [0.4, 0.5) is 0 Å². The number of hydrogen-bond donors (Lipinski definition) is 0. The molecule has 0 aliphatic carbocycles. The van der Waals surface area contributed by atoms with Gasteiger partial charge in [0.15, 0.2) is 0 Å². The van der Waals surface area contributed by atoms with E-state index in [4.69, 9.17) is 0 Å². The Morgan fingerprint density at radius 2 is 1.20 bits per heavy atom. The summed E-state index contributed by atoms with van der Waals surface area (Å²) in [5, 5.41) is 0. The van der Waals surface area contributed by atoms with E-state index in [0.29, 0.717) is 0 Å². The van der Waals surface area contributed by atoms with Gasteiger partial charge in [0.2, 0.25) is 0 Å². The molecule has 2 heteroatoms. The fourth-order valence-electron chi connectivity index (χ4n) is 0. The van der Waals surface area contributed by atoms with Crippen LogP contribution < -0.4 is 0 Å². The molecule has 0 aromatic rings. The summed E-state index contributed by atoms with van der Waals surface area (Å²) < 4.78 is 6.94. The van der Waals surface area contributed by atoms with E-state index in [1.807, 2.05) is 0 Å². The molecule has 0 radical (unpaired) electrons. The Kier molecular flexibility index (Phi) is 2.40. The maximum atomic E-state index is 3.58. The van der Waals surface area contributed by atoms with E-state index in [1.54, 1.807) is 0 Å². The molecule has 0 unspecified atom stereocenters. The van der Waals surface area contributed by atoms with E-state index in [1.165, 1.54) is 0 Å². The van der Waals surface area contributed by atoms with Gasteiger partial charge in [0.1, 0.15) is 0 Å². The van der Waals surface area contributed by atoms with Crippen LogP contribution in [0.25, 0.3) is 0 Å². The van der Waals surface area contributed by atoms with Crippen molar-refractivity contribution in [1.82, 2.24) is 0 Å². The molecule has 0 fully saturated rings. The summed E-state index contributed by atoms with van der Waals surface area (Å²) in [6, 6.07) is 0. The van der Waals surface area contributed by atoms with E-state index in [2.05, 4.69) is 26.1 Å².